The molecule has 3 aliphatic rings. The third kappa shape index (κ3) is 17.6. The maximum Gasteiger partial charge on any atom is 0.340 e. The van der Waals surface area contributed by atoms with E-state index in [1.807, 2.05) is 0 Å². The second-order valence-electron chi connectivity index (χ2n) is 18.1. The zero-order chi connectivity index (χ0) is 55.2. The van der Waals surface area contributed by atoms with E-state index in [1.165, 1.54) is 42.6 Å². The number of benzene rings is 3. The fraction of sp³-hybridized carbons (Fsp3) is 0.490. The third-order valence-corrected chi connectivity index (χ3v) is 12.2. The maximum atomic E-state index is 13.4. The van der Waals surface area contributed by atoms with E-state index in [9.17, 15) is 39.6 Å². The minimum Gasteiger partial charge on any atom is -0.508 e. The Kier molecular flexibility index (Phi) is 23.3. The number of nitrogens with zero attached hydrogens (tertiary/aromatic N) is 1. The molecule has 77 heavy (non-hydrogen) atoms. The van der Waals surface area contributed by atoms with Gasteiger partial charge in [0.1, 0.15) is 29.5 Å². The molecule has 422 valence electrons. The number of aromatic hydroxyl groups is 2. The van der Waals surface area contributed by atoms with E-state index in [0.29, 0.717) is 114 Å². The van der Waals surface area contributed by atoms with Crippen molar-refractivity contribution in [1.82, 2.24) is 31.7 Å². The van der Waals surface area contributed by atoms with Gasteiger partial charge in [0.25, 0.3) is 5.91 Å². The molecule has 3 aromatic carbocycles. The van der Waals surface area contributed by atoms with Crippen molar-refractivity contribution in [3.63, 3.8) is 0 Å². The number of hydrogen-bond acceptors (Lipinski definition) is 23. The first-order valence-electron chi connectivity index (χ1n) is 25.2. The van der Waals surface area contributed by atoms with Gasteiger partial charge in [-0.05, 0) is 55.7 Å². The molecule has 4 atom stereocenters. The highest BCUT2D eigenvalue weighted by atomic mass is 16.7. The third-order valence-electron chi connectivity index (χ3n) is 12.2. The molecule has 1 saturated heterocycles. The molecule has 26 heteroatoms. The van der Waals surface area contributed by atoms with Crippen LogP contribution in [0.3, 0.4) is 0 Å². The summed E-state index contributed by atoms with van der Waals surface area (Å²) in [4.78, 5) is 51.6. The average Bonchev–Trinajstić information content (AvgIpc) is 3.86. The second-order valence-corrected chi connectivity index (χ2v) is 18.1. The molecule has 0 saturated carbocycles. The molecule has 3 aromatic rings. The standard InChI is InChI=1S/C51H72N10O16/c52-33(26-59-48(67)32-4-7-40-39(21-32)50(69)77-51(40)41-8-5-35(63)23-44(41)76-45-24-36(64)6-9-42(45)51)28-61(55)29-46(66)57-10-2-1-3-43(53)49(68)58-12-13-70-15-16-71-17-18-72-19-20-73-31-34(60-54)27-56-11-14-74-47-25-37(65)22-38(30-62)75-47/h4-9,21,23-24,27-28,37-38,43,47,56,60,62-65H,1-3,10-20,22,25-26,29-31,52-55H2,(H,57,66)(H,58,68)(H,59,67)/b33-28-,34-27-. The molecular formula is C51H72N10O16. The molecule has 1 spiro atoms. The number of ether oxygens (including phenoxy) is 8. The molecule has 3 amide bonds. The van der Waals surface area contributed by atoms with Crippen LogP contribution < -0.4 is 54.6 Å². The topological polar surface area (TPSA) is 391 Å². The second kappa shape index (κ2) is 30.2. The number of phenolic OH excluding ortho intramolecular Hbond substituents is 2. The number of nitrogens with one attached hydrogen (secondary N) is 5. The summed E-state index contributed by atoms with van der Waals surface area (Å²) in [6.07, 6.45) is 3.72. The lowest BCUT2D eigenvalue weighted by molar-refractivity contribution is -0.220. The van der Waals surface area contributed by atoms with Gasteiger partial charge in [0.2, 0.25) is 11.8 Å². The van der Waals surface area contributed by atoms with Gasteiger partial charge >= 0.3 is 5.97 Å². The Morgan fingerprint density at radius 2 is 1.48 bits per heavy atom. The monoisotopic (exact) mass is 1080 g/mol. The number of fused-ring (bicyclic) bond motifs is 6. The van der Waals surface area contributed by atoms with Crippen molar-refractivity contribution < 1.29 is 77.5 Å². The quantitative estimate of drug-likeness (QED) is 0.0150. The van der Waals surface area contributed by atoms with Crippen molar-refractivity contribution in [2.45, 2.75) is 62.2 Å². The van der Waals surface area contributed by atoms with E-state index in [-0.39, 0.29) is 91.1 Å². The summed E-state index contributed by atoms with van der Waals surface area (Å²) >= 11 is 0. The highest BCUT2D eigenvalue weighted by Gasteiger charge is 2.54. The van der Waals surface area contributed by atoms with Gasteiger partial charge in [0, 0.05) is 85.0 Å². The van der Waals surface area contributed by atoms with Gasteiger partial charge in [-0.25, -0.2) is 10.6 Å². The molecule has 0 aliphatic carbocycles. The molecule has 3 aliphatic heterocycles. The predicted octanol–water partition coefficient (Wildman–Crippen LogP) is -1.06. The van der Waals surface area contributed by atoms with Gasteiger partial charge in [-0.2, -0.15) is 0 Å². The van der Waals surface area contributed by atoms with E-state index >= 15 is 0 Å². The van der Waals surface area contributed by atoms with Gasteiger partial charge in [0.15, 0.2) is 11.9 Å². The SMILES string of the molecule is NN/C(=C\NCCOC1CC(O)CC(CO)O1)COCCOCCOCCOCCNC(=O)C(N)CCCCNC(=O)CN(N)/C=C(\N)CNC(=O)c1ccc2c(c1)C(=O)OC21c2ccc(O)cc2Oc2cc(O)ccc21. The van der Waals surface area contributed by atoms with Gasteiger partial charge < -0.3 is 101 Å². The molecular weight excluding hydrogens is 1010 g/mol. The summed E-state index contributed by atoms with van der Waals surface area (Å²) in [6, 6.07) is 12.7. The molecule has 4 unspecified atom stereocenters. The number of carbonyl (C=O) groups is 4. The molecule has 3 heterocycles. The normalized spacial score (nSPS) is 17.8. The maximum absolute atomic E-state index is 13.4. The summed E-state index contributed by atoms with van der Waals surface area (Å²) in [5.41, 5.74) is 15.6. The van der Waals surface area contributed by atoms with Crippen LogP contribution in [0.1, 0.15) is 69.5 Å². The number of hydrogen-bond donors (Lipinski definition) is 13. The van der Waals surface area contributed by atoms with Crippen molar-refractivity contribution >= 4 is 23.7 Å². The Labute approximate surface area is 445 Å². The molecule has 0 aromatic heterocycles. The fourth-order valence-electron chi connectivity index (χ4n) is 8.47. The number of carbonyl (C=O) groups excluding carboxylic acids is 4. The average molecular weight is 1080 g/mol. The number of unbranched alkanes of at least 4 members (excludes halogenated alkanes) is 1. The Bertz CT molecular complexity index is 2450. The summed E-state index contributed by atoms with van der Waals surface area (Å²) in [5, 5.41) is 51.8. The number of aliphatic hydroxyl groups excluding tert-OH is 2. The van der Waals surface area contributed by atoms with E-state index in [0.717, 1.165) is 5.01 Å². The van der Waals surface area contributed by atoms with Gasteiger partial charge in [-0.3, -0.25) is 20.2 Å². The summed E-state index contributed by atoms with van der Waals surface area (Å²) in [6.45, 7) is 3.49. The van der Waals surface area contributed by atoms with Crippen LogP contribution in [0.2, 0.25) is 0 Å². The van der Waals surface area contributed by atoms with Crippen LogP contribution in [-0.2, 0) is 48.3 Å². The molecule has 0 radical (unpaired) electrons. The molecule has 17 N–H and O–H groups in total. The highest BCUT2D eigenvalue weighted by Crippen LogP contribution is 2.57. The largest absolute Gasteiger partial charge is 0.508 e. The first kappa shape index (κ1) is 59.4. The van der Waals surface area contributed by atoms with Crippen molar-refractivity contribution in [1.29, 1.82) is 0 Å². The summed E-state index contributed by atoms with van der Waals surface area (Å²) in [7, 11) is 0. The number of nitrogens with two attached hydrogens (primary N) is 4. The van der Waals surface area contributed by atoms with Crippen LogP contribution in [0.5, 0.6) is 23.0 Å². The Balaban J connectivity index is 0.746. The van der Waals surface area contributed by atoms with Crippen molar-refractivity contribution in [3.05, 3.63) is 106 Å². The number of phenols is 2. The van der Waals surface area contributed by atoms with Crippen LogP contribution in [0, 0.1) is 0 Å². The smallest absolute Gasteiger partial charge is 0.340 e. The lowest BCUT2D eigenvalue weighted by atomic mass is 9.77. The number of rotatable bonds is 33. The minimum atomic E-state index is -1.47. The Hall–Kier alpha value is -6.82. The Morgan fingerprint density at radius 1 is 0.818 bits per heavy atom. The Morgan fingerprint density at radius 3 is 2.16 bits per heavy atom. The highest BCUT2D eigenvalue weighted by molar-refractivity contribution is 6.01. The fourth-order valence-corrected chi connectivity index (χ4v) is 8.47. The lowest BCUT2D eigenvalue weighted by Gasteiger charge is -2.36. The van der Waals surface area contributed by atoms with Crippen LogP contribution in [-0.4, -0.2) is 172 Å². The summed E-state index contributed by atoms with van der Waals surface area (Å²) in [5.74, 6) is 9.92. The van der Waals surface area contributed by atoms with E-state index in [2.05, 4.69) is 26.7 Å². The zero-order valence-corrected chi connectivity index (χ0v) is 42.7. The van der Waals surface area contributed by atoms with Crippen molar-refractivity contribution in [3.8, 4) is 23.0 Å². The molecule has 6 rings (SSSR count). The van der Waals surface area contributed by atoms with Crippen molar-refractivity contribution in [2.24, 2.45) is 23.2 Å². The van der Waals surface area contributed by atoms with Gasteiger partial charge in [-0.1, -0.05) is 6.07 Å². The number of hydrazine groups is 2. The first-order valence-corrected chi connectivity index (χ1v) is 25.2. The first-order chi connectivity index (χ1) is 37.2. The van der Waals surface area contributed by atoms with Crippen LogP contribution in [0.25, 0.3) is 0 Å². The molecule has 0 bridgehead atoms. The van der Waals surface area contributed by atoms with Crippen LogP contribution in [0.15, 0.2) is 78.4 Å². The van der Waals surface area contributed by atoms with E-state index in [1.54, 1.807) is 24.4 Å². The van der Waals surface area contributed by atoms with Crippen LogP contribution >= 0.6 is 0 Å². The van der Waals surface area contributed by atoms with Crippen molar-refractivity contribution in [2.75, 3.05) is 98.8 Å². The molecule has 1 fully saturated rings. The zero-order valence-electron chi connectivity index (χ0n) is 42.7. The number of esters is 1. The van der Waals surface area contributed by atoms with Gasteiger partial charge in [-0.15, -0.1) is 0 Å². The predicted molar refractivity (Wildman–Crippen MR) is 275 cm³/mol. The number of aliphatic hydroxyl groups is 2. The van der Waals surface area contributed by atoms with Gasteiger partial charge in [0.05, 0.1) is 102 Å². The van der Waals surface area contributed by atoms with E-state index in [4.69, 9.17) is 61.0 Å². The summed E-state index contributed by atoms with van der Waals surface area (Å²) < 4.78 is 45.3. The van der Waals surface area contributed by atoms with E-state index < -0.39 is 42.0 Å². The molecule has 26 nitrogen and oxygen atoms in total. The minimum absolute atomic E-state index is 0.0757. The lowest BCUT2D eigenvalue weighted by Crippen LogP contribution is -2.42. The van der Waals surface area contributed by atoms with Crippen LogP contribution in [0.4, 0.5) is 0 Å². The number of amides is 3.